The number of benzene rings is 1. The number of nitrogens with zero attached hydrogens (tertiary/aromatic N) is 1. The number of carbonyl (C=O) groups excluding carboxylic acids is 1. The van der Waals surface area contributed by atoms with Crippen molar-refractivity contribution in [1.29, 1.82) is 0 Å². The zero-order chi connectivity index (χ0) is 16.6. The van der Waals surface area contributed by atoms with E-state index in [-0.39, 0.29) is 23.8 Å². The van der Waals surface area contributed by atoms with Gasteiger partial charge in [0.15, 0.2) is 5.89 Å². The molecule has 0 aliphatic carbocycles. The summed E-state index contributed by atoms with van der Waals surface area (Å²) in [4.78, 5) is 15.6. The van der Waals surface area contributed by atoms with Crippen LogP contribution in [-0.2, 0) is 27.7 Å². The van der Waals surface area contributed by atoms with Crippen LogP contribution in [0.5, 0.6) is 0 Å². The summed E-state index contributed by atoms with van der Waals surface area (Å²) in [7, 11) is -3.63. The maximum absolute atomic E-state index is 12.3. The van der Waals surface area contributed by atoms with E-state index in [1.54, 1.807) is 13.0 Å². The van der Waals surface area contributed by atoms with Crippen molar-refractivity contribution < 1.29 is 17.6 Å². The number of aryl methyl sites for hydroxylation is 2. The first kappa shape index (κ1) is 15.7. The lowest BCUT2D eigenvalue weighted by atomic mass is 10.2. The third-order valence-electron chi connectivity index (χ3n) is 3.66. The first-order chi connectivity index (χ1) is 10.8. The Morgan fingerprint density at radius 2 is 2.13 bits per heavy atom. The largest absolute Gasteiger partial charge is 0.446 e. The summed E-state index contributed by atoms with van der Waals surface area (Å²) in [6.45, 7) is 3.79. The van der Waals surface area contributed by atoms with Crippen LogP contribution >= 0.6 is 0 Å². The van der Waals surface area contributed by atoms with Crippen molar-refractivity contribution >= 4 is 21.6 Å². The molecule has 0 unspecified atom stereocenters. The Labute approximate surface area is 134 Å². The second-order valence-electron chi connectivity index (χ2n) is 5.43. The van der Waals surface area contributed by atoms with E-state index in [9.17, 15) is 13.2 Å². The van der Waals surface area contributed by atoms with Crippen molar-refractivity contribution in [3.05, 3.63) is 41.1 Å². The van der Waals surface area contributed by atoms with Gasteiger partial charge in [0.1, 0.15) is 5.76 Å². The minimum atomic E-state index is -3.63. The molecule has 7 nitrogen and oxygen atoms in total. The van der Waals surface area contributed by atoms with Crippen molar-refractivity contribution in [2.75, 3.05) is 11.9 Å². The zero-order valence-corrected chi connectivity index (χ0v) is 13.7. The average molecular weight is 335 g/mol. The molecule has 1 aromatic heterocycles. The first-order valence-electron chi connectivity index (χ1n) is 7.20. The maximum Gasteiger partial charge on any atom is 0.240 e. The molecular formula is C15H17N3O4S. The van der Waals surface area contributed by atoms with Crippen molar-refractivity contribution in [2.24, 2.45) is 0 Å². The fourth-order valence-electron chi connectivity index (χ4n) is 2.56. The number of aromatic nitrogens is 1. The molecule has 3 rings (SSSR count). The van der Waals surface area contributed by atoms with Crippen molar-refractivity contribution in [3.8, 4) is 0 Å². The molecule has 0 spiro atoms. The molecule has 0 saturated carbocycles. The smallest absolute Gasteiger partial charge is 0.240 e. The average Bonchev–Trinajstić information content (AvgIpc) is 2.99. The molecule has 8 heteroatoms. The molecule has 2 heterocycles. The third-order valence-corrected chi connectivity index (χ3v) is 5.11. The Kier molecular flexibility index (Phi) is 3.95. The van der Waals surface area contributed by atoms with E-state index >= 15 is 0 Å². The monoisotopic (exact) mass is 335 g/mol. The van der Waals surface area contributed by atoms with Gasteiger partial charge in [-0.05, 0) is 30.7 Å². The van der Waals surface area contributed by atoms with Gasteiger partial charge < -0.3 is 9.73 Å². The number of oxazole rings is 1. The first-order valence-corrected chi connectivity index (χ1v) is 8.69. The molecule has 0 atom stereocenters. The highest BCUT2D eigenvalue weighted by molar-refractivity contribution is 7.89. The lowest BCUT2D eigenvalue weighted by molar-refractivity contribution is -0.115. The third kappa shape index (κ3) is 3.27. The Morgan fingerprint density at radius 1 is 1.35 bits per heavy atom. The highest BCUT2D eigenvalue weighted by Gasteiger charge is 2.21. The Bertz CT molecular complexity index is 871. The number of amides is 1. The molecule has 122 valence electrons. The van der Waals surface area contributed by atoms with Gasteiger partial charge in [-0.2, -0.15) is 0 Å². The van der Waals surface area contributed by atoms with E-state index in [2.05, 4.69) is 15.0 Å². The van der Waals surface area contributed by atoms with E-state index in [4.69, 9.17) is 4.42 Å². The molecule has 0 radical (unpaired) electrons. The van der Waals surface area contributed by atoms with Gasteiger partial charge in [-0.15, -0.1) is 0 Å². The summed E-state index contributed by atoms with van der Waals surface area (Å²) in [6.07, 6.45) is 0.631. The van der Waals surface area contributed by atoms with Crippen molar-refractivity contribution in [3.63, 3.8) is 0 Å². The van der Waals surface area contributed by atoms with Crippen LogP contribution in [0.25, 0.3) is 0 Å². The van der Waals surface area contributed by atoms with Gasteiger partial charge in [0.2, 0.25) is 15.9 Å². The molecule has 2 aromatic rings. The van der Waals surface area contributed by atoms with Crippen LogP contribution in [0.1, 0.15) is 22.9 Å². The second kappa shape index (κ2) is 5.78. The Balaban J connectivity index is 1.69. The predicted molar refractivity (Wildman–Crippen MR) is 83.6 cm³/mol. The van der Waals surface area contributed by atoms with E-state index in [0.29, 0.717) is 29.3 Å². The van der Waals surface area contributed by atoms with Crippen LogP contribution in [0, 0.1) is 13.8 Å². The quantitative estimate of drug-likeness (QED) is 0.858. The van der Waals surface area contributed by atoms with Gasteiger partial charge in [0.05, 0.1) is 17.0 Å². The van der Waals surface area contributed by atoms with Crippen LogP contribution in [0.3, 0.4) is 0 Å². The SMILES string of the molecule is Cc1nc(C)c(CCNS(=O)(=O)c2ccc3c(c2)CC(=O)N3)o1. The van der Waals surface area contributed by atoms with Crippen LogP contribution < -0.4 is 10.0 Å². The Hall–Kier alpha value is -2.19. The lowest BCUT2D eigenvalue weighted by Crippen LogP contribution is -2.26. The molecule has 0 fully saturated rings. The van der Waals surface area contributed by atoms with E-state index in [1.807, 2.05) is 6.92 Å². The molecule has 0 saturated heterocycles. The molecule has 2 N–H and O–H groups in total. The second-order valence-corrected chi connectivity index (χ2v) is 7.20. The summed E-state index contributed by atoms with van der Waals surface area (Å²) in [5, 5.41) is 2.68. The number of carbonyl (C=O) groups is 1. The predicted octanol–water partition coefficient (Wildman–Crippen LogP) is 1.31. The minimum absolute atomic E-state index is 0.126. The summed E-state index contributed by atoms with van der Waals surface area (Å²) < 4.78 is 32.6. The highest BCUT2D eigenvalue weighted by Crippen LogP contribution is 2.25. The summed E-state index contributed by atoms with van der Waals surface area (Å²) in [5.41, 5.74) is 2.13. The summed E-state index contributed by atoms with van der Waals surface area (Å²) >= 11 is 0. The maximum atomic E-state index is 12.3. The van der Waals surface area contributed by atoms with Gasteiger partial charge in [0, 0.05) is 25.6 Å². The number of nitrogens with one attached hydrogen (secondary N) is 2. The molecule has 23 heavy (non-hydrogen) atoms. The standard InChI is InChI=1S/C15H17N3O4S/c1-9-14(22-10(2)17-9)5-6-16-23(20,21)12-3-4-13-11(7-12)8-15(19)18-13/h3-4,7,16H,5-6,8H2,1-2H3,(H,18,19). The summed E-state index contributed by atoms with van der Waals surface area (Å²) in [5.74, 6) is 1.11. The number of sulfonamides is 1. The minimum Gasteiger partial charge on any atom is -0.446 e. The topological polar surface area (TPSA) is 101 Å². The van der Waals surface area contributed by atoms with Crippen LogP contribution in [0.4, 0.5) is 5.69 Å². The van der Waals surface area contributed by atoms with Gasteiger partial charge in [-0.1, -0.05) is 0 Å². The normalized spacial score (nSPS) is 13.9. The van der Waals surface area contributed by atoms with Gasteiger partial charge in [-0.3, -0.25) is 4.79 Å². The van der Waals surface area contributed by atoms with Gasteiger partial charge >= 0.3 is 0 Å². The highest BCUT2D eigenvalue weighted by atomic mass is 32.2. The molecule has 1 aliphatic heterocycles. The number of anilines is 1. The van der Waals surface area contributed by atoms with E-state index in [0.717, 1.165) is 5.69 Å². The molecule has 0 bridgehead atoms. The molecular weight excluding hydrogens is 318 g/mol. The van der Waals surface area contributed by atoms with Crippen LogP contribution in [0.15, 0.2) is 27.5 Å². The fourth-order valence-corrected chi connectivity index (χ4v) is 3.64. The van der Waals surface area contributed by atoms with Crippen molar-refractivity contribution in [1.82, 2.24) is 9.71 Å². The van der Waals surface area contributed by atoms with Gasteiger partial charge in [0.25, 0.3) is 0 Å². The van der Waals surface area contributed by atoms with E-state index in [1.165, 1.54) is 12.1 Å². The summed E-state index contributed by atoms with van der Waals surface area (Å²) in [6, 6.07) is 4.62. The molecule has 1 aliphatic rings. The zero-order valence-electron chi connectivity index (χ0n) is 12.8. The van der Waals surface area contributed by atoms with Crippen LogP contribution in [0.2, 0.25) is 0 Å². The number of fused-ring (bicyclic) bond motifs is 1. The van der Waals surface area contributed by atoms with Gasteiger partial charge in [-0.25, -0.2) is 18.1 Å². The fraction of sp³-hybridized carbons (Fsp3) is 0.333. The van der Waals surface area contributed by atoms with Crippen LogP contribution in [-0.4, -0.2) is 25.9 Å². The number of rotatable bonds is 5. The molecule has 1 aromatic carbocycles. The number of hydrogen-bond acceptors (Lipinski definition) is 5. The lowest BCUT2D eigenvalue weighted by Gasteiger charge is -2.07. The Morgan fingerprint density at radius 3 is 2.83 bits per heavy atom. The number of hydrogen-bond donors (Lipinski definition) is 2. The molecule has 1 amide bonds. The van der Waals surface area contributed by atoms with Crippen molar-refractivity contribution in [2.45, 2.75) is 31.6 Å². The van der Waals surface area contributed by atoms with E-state index < -0.39 is 10.0 Å².